The molecule has 0 radical (unpaired) electrons. The van der Waals surface area contributed by atoms with E-state index >= 15 is 0 Å². The van der Waals surface area contributed by atoms with Crippen LogP contribution in [0.25, 0.3) is 0 Å². The van der Waals surface area contributed by atoms with Gasteiger partial charge >= 0.3 is 0 Å². The number of carbonyl (C=O) groups excluding carboxylic acids is 1. The number of halogens is 1. The van der Waals surface area contributed by atoms with Crippen LogP contribution < -0.4 is 5.32 Å². The molecule has 100 valence electrons. The van der Waals surface area contributed by atoms with Crippen LogP contribution in [0.5, 0.6) is 0 Å². The minimum Gasteiger partial charge on any atom is -0.356 e. The van der Waals surface area contributed by atoms with Crippen molar-refractivity contribution in [2.75, 3.05) is 11.9 Å². The van der Waals surface area contributed by atoms with E-state index in [0.717, 1.165) is 31.1 Å². The summed E-state index contributed by atoms with van der Waals surface area (Å²) in [5.41, 5.74) is 1.34. The van der Waals surface area contributed by atoms with Crippen LogP contribution in [-0.4, -0.2) is 17.8 Å². The molecule has 1 amide bonds. The van der Waals surface area contributed by atoms with E-state index in [0.29, 0.717) is 12.3 Å². The third-order valence-electron chi connectivity index (χ3n) is 3.06. The number of amides is 1. The third kappa shape index (κ3) is 6.20. The number of carbonyl (C=O) groups is 1. The quantitative estimate of drug-likeness (QED) is 0.573. The SMILES string of the molecule is CC(CCNC(=O)CCCCBr)c1ccccc1. The molecule has 0 heterocycles. The Kier molecular flexibility index (Phi) is 7.74. The molecule has 0 aliphatic heterocycles. The van der Waals surface area contributed by atoms with E-state index in [1.54, 1.807) is 0 Å². The Morgan fingerprint density at radius 3 is 2.67 bits per heavy atom. The average Bonchev–Trinajstić information content (AvgIpc) is 2.40. The Hall–Kier alpha value is -0.830. The third-order valence-corrected chi connectivity index (χ3v) is 3.62. The van der Waals surface area contributed by atoms with Crippen LogP contribution in [0.1, 0.15) is 44.1 Å². The van der Waals surface area contributed by atoms with Crippen LogP contribution in [0.4, 0.5) is 0 Å². The predicted octanol–water partition coefficient (Wildman–Crippen LogP) is 3.86. The van der Waals surface area contributed by atoms with Crippen LogP contribution in [0.3, 0.4) is 0 Å². The second-order valence-corrected chi connectivity index (χ2v) is 5.39. The second kappa shape index (κ2) is 9.15. The summed E-state index contributed by atoms with van der Waals surface area (Å²) in [4.78, 5) is 11.5. The van der Waals surface area contributed by atoms with Gasteiger partial charge in [-0.3, -0.25) is 4.79 Å². The molecule has 0 fully saturated rings. The van der Waals surface area contributed by atoms with Gasteiger partial charge in [0, 0.05) is 18.3 Å². The zero-order valence-electron chi connectivity index (χ0n) is 11.0. The molecule has 0 bridgehead atoms. The Morgan fingerprint density at radius 1 is 1.28 bits per heavy atom. The fraction of sp³-hybridized carbons (Fsp3) is 0.533. The van der Waals surface area contributed by atoms with Gasteiger partial charge in [-0.25, -0.2) is 0 Å². The Morgan fingerprint density at radius 2 is 2.00 bits per heavy atom. The van der Waals surface area contributed by atoms with Gasteiger partial charge in [0.05, 0.1) is 0 Å². The molecule has 1 N–H and O–H groups in total. The van der Waals surface area contributed by atoms with Gasteiger partial charge in [0.2, 0.25) is 5.91 Å². The van der Waals surface area contributed by atoms with E-state index in [-0.39, 0.29) is 5.91 Å². The Labute approximate surface area is 118 Å². The summed E-state index contributed by atoms with van der Waals surface area (Å²) < 4.78 is 0. The fourth-order valence-corrected chi connectivity index (χ4v) is 2.24. The topological polar surface area (TPSA) is 29.1 Å². The van der Waals surface area contributed by atoms with Crippen molar-refractivity contribution in [2.24, 2.45) is 0 Å². The summed E-state index contributed by atoms with van der Waals surface area (Å²) in [6, 6.07) is 10.4. The molecule has 0 aromatic heterocycles. The van der Waals surface area contributed by atoms with E-state index in [2.05, 4.69) is 52.4 Å². The number of hydrogen-bond acceptors (Lipinski definition) is 1. The number of alkyl halides is 1. The van der Waals surface area contributed by atoms with E-state index in [4.69, 9.17) is 0 Å². The van der Waals surface area contributed by atoms with Crippen molar-refractivity contribution in [1.29, 1.82) is 0 Å². The van der Waals surface area contributed by atoms with Crippen molar-refractivity contribution in [2.45, 2.75) is 38.5 Å². The minimum atomic E-state index is 0.177. The van der Waals surface area contributed by atoms with Crippen LogP contribution in [-0.2, 0) is 4.79 Å². The molecule has 1 aromatic carbocycles. The normalized spacial score (nSPS) is 12.1. The molecule has 1 aromatic rings. The van der Waals surface area contributed by atoms with Crippen LogP contribution in [0.2, 0.25) is 0 Å². The maximum absolute atomic E-state index is 11.5. The number of hydrogen-bond donors (Lipinski definition) is 1. The minimum absolute atomic E-state index is 0.177. The summed E-state index contributed by atoms with van der Waals surface area (Å²) in [6.45, 7) is 2.97. The molecule has 2 nitrogen and oxygen atoms in total. The van der Waals surface area contributed by atoms with Crippen molar-refractivity contribution in [3.63, 3.8) is 0 Å². The standard InChI is InChI=1S/C15H22BrNO/c1-13(14-7-3-2-4-8-14)10-12-17-15(18)9-5-6-11-16/h2-4,7-8,13H,5-6,9-12H2,1H3,(H,17,18). The van der Waals surface area contributed by atoms with E-state index < -0.39 is 0 Å². The zero-order chi connectivity index (χ0) is 13.2. The molecule has 0 aliphatic rings. The summed E-state index contributed by atoms with van der Waals surface area (Å²) in [5, 5.41) is 3.97. The molecule has 0 saturated carbocycles. The molecule has 3 heteroatoms. The lowest BCUT2D eigenvalue weighted by molar-refractivity contribution is -0.121. The molecular formula is C15H22BrNO. The number of nitrogens with one attached hydrogen (secondary N) is 1. The second-order valence-electron chi connectivity index (χ2n) is 4.60. The van der Waals surface area contributed by atoms with Gasteiger partial charge in [0.25, 0.3) is 0 Å². The molecular weight excluding hydrogens is 290 g/mol. The summed E-state index contributed by atoms with van der Waals surface area (Å²) in [6.07, 6.45) is 3.67. The van der Waals surface area contributed by atoms with Crippen molar-refractivity contribution in [3.05, 3.63) is 35.9 Å². The van der Waals surface area contributed by atoms with Crippen LogP contribution >= 0.6 is 15.9 Å². The fourth-order valence-electron chi connectivity index (χ4n) is 1.84. The molecule has 0 spiro atoms. The lowest BCUT2D eigenvalue weighted by atomic mass is 9.98. The highest BCUT2D eigenvalue weighted by Gasteiger charge is 2.05. The van der Waals surface area contributed by atoms with E-state index in [1.807, 2.05) is 6.07 Å². The largest absolute Gasteiger partial charge is 0.356 e. The van der Waals surface area contributed by atoms with Crippen LogP contribution in [0.15, 0.2) is 30.3 Å². The lowest BCUT2D eigenvalue weighted by Gasteiger charge is -2.12. The Bertz CT molecular complexity index is 340. The van der Waals surface area contributed by atoms with Gasteiger partial charge in [-0.1, -0.05) is 53.2 Å². The van der Waals surface area contributed by atoms with Gasteiger partial charge in [0.15, 0.2) is 0 Å². The van der Waals surface area contributed by atoms with Gasteiger partial charge in [-0.05, 0) is 30.7 Å². The first-order chi connectivity index (χ1) is 8.74. The number of unbranched alkanes of at least 4 members (excludes halogenated alkanes) is 1. The predicted molar refractivity (Wildman–Crippen MR) is 80.1 cm³/mol. The highest BCUT2D eigenvalue weighted by Crippen LogP contribution is 2.17. The Balaban J connectivity index is 2.16. The highest BCUT2D eigenvalue weighted by atomic mass is 79.9. The number of benzene rings is 1. The maximum atomic E-state index is 11.5. The molecule has 0 saturated heterocycles. The number of rotatable bonds is 8. The van der Waals surface area contributed by atoms with Crippen molar-refractivity contribution >= 4 is 21.8 Å². The van der Waals surface area contributed by atoms with Gasteiger partial charge in [0.1, 0.15) is 0 Å². The summed E-state index contributed by atoms with van der Waals surface area (Å²) >= 11 is 3.37. The van der Waals surface area contributed by atoms with Crippen molar-refractivity contribution < 1.29 is 4.79 Å². The molecule has 18 heavy (non-hydrogen) atoms. The average molecular weight is 312 g/mol. The van der Waals surface area contributed by atoms with Gasteiger partial charge in [-0.15, -0.1) is 0 Å². The first-order valence-electron chi connectivity index (χ1n) is 6.61. The molecule has 1 atom stereocenters. The van der Waals surface area contributed by atoms with Gasteiger partial charge < -0.3 is 5.32 Å². The monoisotopic (exact) mass is 311 g/mol. The van der Waals surface area contributed by atoms with Gasteiger partial charge in [-0.2, -0.15) is 0 Å². The molecule has 1 rings (SSSR count). The van der Waals surface area contributed by atoms with E-state index in [9.17, 15) is 4.79 Å². The smallest absolute Gasteiger partial charge is 0.219 e. The lowest BCUT2D eigenvalue weighted by Crippen LogP contribution is -2.25. The summed E-state index contributed by atoms with van der Waals surface area (Å²) in [5.74, 6) is 0.672. The maximum Gasteiger partial charge on any atom is 0.219 e. The zero-order valence-corrected chi connectivity index (χ0v) is 12.6. The molecule has 1 unspecified atom stereocenters. The molecule has 0 aliphatic carbocycles. The van der Waals surface area contributed by atoms with E-state index in [1.165, 1.54) is 5.56 Å². The van der Waals surface area contributed by atoms with Crippen molar-refractivity contribution in [3.8, 4) is 0 Å². The summed E-state index contributed by atoms with van der Waals surface area (Å²) in [7, 11) is 0. The first kappa shape index (κ1) is 15.2. The first-order valence-corrected chi connectivity index (χ1v) is 7.73. The highest BCUT2D eigenvalue weighted by molar-refractivity contribution is 9.09. The van der Waals surface area contributed by atoms with Crippen molar-refractivity contribution in [1.82, 2.24) is 5.32 Å². The van der Waals surface area contributed by atoms with Crippen LogP contribution in [0, 0.1) is 0 Å².